The zero-order valence-corrected chi connectivity index (χ0v) is 67.1. The molecule has 0 saturated carbocycles. The number of benzene rings is 4. The molecule has 1 aliphatic heterocycles. The summed E-state index contributed by atoms with van der Waals surface area (Å²) in [4.78, 5) is 0. The summed E-state index contributed by atoms with van der Waals surface area (Å²) in [6.07, 6.45) is 85.3. The number of rotatable bonds is 60. The number of aromatic hydroxyl groups is 2. The normalized spacial score (nSPS) is 13.0. The van der Waals surface area contributed by atoms with Crippen LogP contribution in [-0.2, 0) is 33.3 Å². The molecule has 1 aliphatic rings. The molecule has 4 aromatic carbocycles. The Morgan fingerprint density at radius 1 is 0.310 bits per heavy atom. The molecule has 5 rings (SSSR count). The summed E-state index contributed by atoms with van der Waals surface area (Å²) in [5.74, 6) is 2.00. The van der Waals surface area contributed by atoms with Gasteiger partial charge in [0.2, 0.25) is 11.4 Å². The van der Waals surface area contributed by atoms with Crippen LogP contribution in [0.4, 0.5) is 0 Å². The van der Waals surface area contributed by atoms with Gasteiger partial charge < -0.3 is 15.7 Å². The maximum atomic E-state index is 13.1. The molecule has 1 heterocycles. The number of nitrogens with zero attached hydrogens (tertiary/aromatic N) is 2. The van der Waals surface area contributed by atoms with Crippen LogP contribution in [0.3, 0.4) is 0 Å². The van der Waals surface area contributed by atoms with E-state index in [-0.39, 0.29) is 20.4 Å². The molecule has 4 aromatic rings. The summed E-state index contributed by atoms with van der Waals surface area (Å²) >= 11 is 0. The van der Waals surface area contributed by atoms with Gasteiger partial charge in [0, 0.05) is 37.1 Å². The first-order valence-corrected chi connectivity index (χ1v) is 42.4. The molecule has 564 valence electrons. The minimum Gasteiger partial charge on any atom is -0.508 e. The molecule has 2 N–H and O–H groups in total. The standard InChI is InChI=1S/C83H140N2.2C6H6O.Pd/c1-7-13-19-22-25-28-30-32-34-36-38-40-42-45-47-50-53-62-74(60-16-10-4)70-72-76-64-56-58-67-78(76)82-80(66-18-12-6)81(69-55-52-49-44-27-24-21-15-9-3)83(85(82)84)79-68-59-57-65-77(79)73-71-75(61-17-11-5)63-54-51-48-46-43-41-39-37-35-33-31-29-26-23-20-14-8-2;2*7-6-4-2-1-3-5-6;/h50-51,53-59,64-65,67-69,74-75H,7-49,52,60-63,66,70-73H2,1-6H3;2*1-5,7H;. The molecule has 0 aliphatic carbocycles. The third kappa shape index (κ3) is 45.5. The number of hydrogen-bond donors (Lipinski definition) is 2. The van der Waals surface area contributed by atoms with Crippen LogP contribution in [0.5, 0.6) is 11.5 Å². The molecule has 2 unspecified atom stereocenters. The Kier molecular flexibility index (Phi) is 60.8. The van der Waals surface area contributed by atoms with Gasteiger partial charge in [-0.25, -0.2) is 4.70 Å². The fourth-order valence-electron chi connectivity index (χ4n) is 14.4. The fourth-order valence-corrected chi connectivity index (χ4v) is 14.4. The predicted octanol–water partition coefficient (Wildman–Crippen LogP) is 31.6. The van der Waals surface area contributed by atoms with Crippen LogP contribution in [0.1, 0.15) is 391 Å². The fraction of sp³-hybridized carbons (Fsp3) is 0.642. The zero-order chi connectivity index (χ0) is 71.0. The quantitative estimate of drug-likeness (QED) is 0.0200. The number of para-hydroxylation sites is 2. The second kappa shape index (κ2) is 66.4. The zero-order valence-electron chi connectivity index (χ0n) is 65.6. The van der Waals surface area contributed by atoms with Crippen molar-refractivity contribution in [2.24, 2.45) is 11.8 Å². The minimum atomic E-state index is 0. The number of hydrogen-bond acceptors (Lipinski definition) is 2. The van der Waals surface area contributed by atoms with E-state index in [1.54, 1.807) is 53.2 Å². The van der Waals surface area contributed by atoms with Crippen molar-refractivity contribution in [1.82, 2.24) is 0 Å². The molecular formula is C95H152N2O2Pd. The summed E-state index contributed by atoms with van der Waals surface area (Å²) in [5.41, 5.74) is 22.9. The Morgan fingerprint density at radius 2 is 0.610 bits per heavy atom. The second-order valence-corrected chi connectivity index (χ2v) is 29.6. The average molecular weight is 1460 g/mol. The third-order valence-corrected chi connectivity index (χ3v) is 20.7. The Bertz CT molecular complexity index is 2630. The first kappa shape index (κ1) is 91.5. The van der Waals surface area contributed by atoms with Gasteiger partial charge in [-0.2, -0.15) is 0 Å². The van der Waals surface area contributed by atoms with Gasteiger partial charge in [-0.3, -0.25) is 0 Å². The Hall–Kier alpha value is -4.56. The molecule has 0 spiro atoms. The molecule has 2 atom stereocenters. The van der Waals surface area contributed by atoms with Crippen molar-refractivity contribution < 1.29 is 35.3 Å². The second-order valence-electron chi connectivity index (χ2n) is 29.6. The van der Waals surface area contributed by atoms with Crippen LogP contribution in [-0.4, -0.2) is 14.9 Å². The van der Waals surface area contributed by atoms with E-state index >= 15 is 0 Å². The van der Waals surface area contributed by atoms with Gasteiger partial charge in [-0.1, -0.05) is 401 Å². The van der Waals surface area contributed by atoms with Crippen molar-refractivity contribution in [3.8, 4) is 11.5 Å². The van der Waals surface area contributed by atoms with Gasteiger partial charge in [0.15, 0.2) is 0 Å². The molecule has 0 saturated heterocycles. The summed E-state index contributed by atoms with van der Waals surface area (Å²) in [6.45, 7) is 14.0. The SMILES string of the molecule is CCCCCCCCCC=CC1=C(c2ccccc2CCC(CC=CCCCCCCCCCCCCCCCC)CCCC)[N+](=[N-])C(c2ccccc2CCC(CC=CCCCCCCCCCCCCCCCC)CCCC)=C1CCCC.Oc1ccccc1.Oc1ccccc1.[Pd]. The van der Waals surface area contributed by atoms with Crippen molar-refractivity contribution in [3.05, 3.63) is 185 Å². The predicted molar refractivity (Wildman–Crippen MR) is 438 cm³/mol. The summed E-state index contributed by atoms with van der Waals surface area (Å²) < 4.78 is 1.68. The van der Waals surface area contributed by atoms with E-state index in [2.05, 4.69) is 127 Å². The molecule has 5 heteroatoms. The van der Waals surface area contributed by atoms with Crippen LogP contribution in [0.25, 0.3) is 16.9 Å². The van der Waals surface area contributed by atoms with Crippen LogP contribution in [0, 0.1) is 11.8 Å². The summed E-state index contributed by atoms with van der Waals surface area (Å²) in [6, 6.07) is 35.8. The maximum Gasteiger partial charge on any atom is 0.215 e. The number of aryl methyl sites for hydroxylation is 2. The van der Waals surface area contributed by atoms with Crippen LogP contribution in [0.2, 0.25) is 0 Å². The molecule has 0 amide bonds. The Labute approximate surface area is 632 Å². The van der Waals surface area contributed by atoms with Gasteiger partial charge in [0.25, 0.3) is 0 Å². The van der Waals surface area contributed by atoms with Crippen LogP contribution < -0.4 is 0 Å². The van der Waals surface area contributed by atoms with Crippen molar-refractivity contribution in [1.29, 1.82) is 0 Å². The minimum absolute atomic E-state index is 0. The van der Waals surface area contributed by atoms with E-state index in [1.807, 2.05) is 12.1 Å². The van der Waals surface area contributed by atoms with Crippen molar-refractivity contribution in [2.75, 3.05) is 0 Å². The Morgan fingerprint density at radius 3 is 0.940 bits per heavy atom. The van der Waals surface area contributed by atoms with Crippen molar-refractivity contribution in [2.45, 2.75) is 382 Å². The molecule has 0 radical (unpaired) electrons. The monoisotopic (exact) mass is 1460 g/mol. The summed E-state index contributed by atoms with van der Waals surface area (Å²) in [5, 5.41) is 17.3. The molecule has 4 nitrogen and oxygen atoms in total. The van der Waals surface area contributed by atoms with Gasteiger partial charge in [-0.15, -0.1) is 0 Å². The van der Waals surface area contributed by atoms with Crippen LogP contribution in [0.15, 0.2) is 157 Å². The molecule has 0 bridgehead atoms. The average Bonchev–Trinajstić information content (AvgIpc) is 1.60. The van der Waals surface area contributed by atoms with Gasteiger partial charge in [0.1, 0.15) is 11.5 Å². The smallest absolute Gasteiger partial charge is 0.215 e. The number of phenolic OH excluding ortho intramolecular Hbond substituents is 2. The molecular weight excluding hydrogens is 1310 g/mol. The van der Waals surface area contributed by atoms with Crippen molar-refractivity contribution in [3.63, 3.8) is 0 Å². The third-order valence-electron chi connectivity index (χ3n) is 20.7. The molecule has 0 fully saturated rings. The maximum absolute atomic E-state index is 13.1. The van der Waals surface area contributed by atoms with E-state index in [0.29, 0.717) is 23.3 Å². The van der Waals surface area contributed by atoms with E-state index in [1.165, 1.54) is 335 Å². The Balaban J connectivity index is 0.00000200. The number of unbranched alkanes of at least 4 members (excludes halogenated alkanes) is 38. The number of allylic oxidation sites excluding steroid dienone is 8. The van der Waals surface area contributed by atoms with E-state index in [4.69, 9.17) is 10.2 Å². The van der Waals surface area contributed by atoms with Crippen molar-refractivity contribution >= 4 is 11.4 Å². The molecule has 100 heavy (non-hydrogen) atoms. The molecule has 0 aromatic heterocycles. The summed E-state index contributed by atoms with van der Waals surface area (Å²) in [7, 11) is 0. The largest absolute Gasteiger partial charge is 0.508 e. The topological polar surface area (TPSA) is 65.8 Å². The first-order chi connectivity index (χ1) is 48.8. The van der Waals surface area contributed by atoms with Gasteiger partial charge in [-0.05, 0) is 149 Å². The van der Waals surface area contributed by atoms with E-state index in [0.717, 1.165) is 49.9 Å². The van der Waals surface area contributed by atoms with E-state index in [9.17, 15) is 5.53 Å². The van der Waals surface area contributed by atoms with Gasteiger partial charge in [0.05, 0.1) is 5.57 Å². The van der Waals surface area contributed by atoms with Crippen LogP contribution >= 0.6 is 0 Å². The first-order valence-electron chi connectivity index (χ1n) is 42.4. The van der Waals surface area contributed by atoms with E-state index < -0.39 is 0 Å². The number of phenols is 2. The van der Waals surface area contributed by atoms with Gasteiger partial charge >= 0.3 is 0 Å².